The van der Waals surface area contributed by atoms with Gasteiger partial charge in [-0.15, -0.1) is 0 Å². The van der Waals surface area contributed by atoms with Gasteiger partial charge in [-0.3, -0.25) is 4.79 Å². The van der Waals surface area contributed by atoms with Crippen molar-refractivity contribution in [1.82, 2.24) is 5.32 Å². The zero-order valence-corrected chi connectivity index (χ0v) is 13.1. The lowest BCUT2D eigenvalue weighted by atomic mass is 10.0. The zero-order valence-electron chi connectivity index (χ0n) is 13.1. The number of nitrogens with two attached hydrogens (primary N) is 1. The second kappa shape index (κ2) is 7.50. The van der Waals surface area contributed by atoms with Crippen LogP contribution in [0.2, 0.25) is 0 Å². The van der Waals surface area contributed by atoms with Crippen LogP contribution >= 0.6 is 0 Å². The van der Waals surface area contributed by atoms with Crippen LogP contribution in [-0.4, -0.2) is 19.0 Å². The van der Waals surface area contributed by atoms with Crippen molar-refractivity contribution in [3.05, 3.63) is 59.7 Å². The van der Waals surface area contributed by atoms with E-state index in [0.717, 1.165) is 18.5 Å². The number of amides is 1. The van der Waals surface area contributed by atoms with Gasteiger partial charge in [0.15, 0.2) is 0 Å². The Kier molecular flexibility index (Phi) is 5.42. The molecule has 0 unspecified atom stereocenters. The lowest BCUT2D eigenvalue weighted by Gasteiger charge is -2.18. The van der Waals surface area contributed by atoms with Gasteiger partial charge in [0.1, 0.15) is 0 Å². The fraction of sp³-hybridized carbons (Fsp3) is 0.278. The molecule has 4 heteroatoms. The highest BCUT2D eigenvalue weighted by molar-refractivity contribution is 6.00. The molecule has 0 heterocycles. The molecule has 0 spiro atoms. The summed E-state index contributed by atoms with van der Waals surface area (Å²) < 4.78 is 0. The van der Waals surface area contributed by atoms with E-state index in [2.05, 4.69) is 41.8 Å². The number of hydrogen-bond donors (Lipinski definition) is 3. The van der Waals surface area contributed by atoms with Crippen LogP contribution in [0.4, 0.5) is 11.4 Å². The summed E-state index contributed by atoms with van der Waals surface area (Å²) in [5.74, 6) is -0.134. The van der Waals surface area contributed by atoms with Gasteiger partial charge < -0.3 is 16.4 Å². The van der Waals surface area contributed by atoms with Gasteiger partial charge in [0.05, 0.1) is 5.56 Å². The Labute approximate surface area is 131 Å². The van der Waals surface area contributed by atoms with E-state index in [9.17, 15) is 4.79 Å². The predicted molar refractivity (Wildman–Crippen MR) is 92.1 cm³/mol. The number of carbonyl (C=O) groups is 1. The fourth-order valence-corrected chi connectivity index (χ4v) is 2.38. The number of anilines is 2. The first-order chi connectivity index (χ1) is 10.6. The monoisotopic (exact) mass is 297 g/mol. The Morgan fingerprint density at radius 2 is 1.91 bits per heavy atom. The van der Waals surface area contributed by atoms with Crippen molar-refractivity contribution in [3.8, 4) is 0 Å². The van der Waals surface area contributed by atoms with Crippen LogP contribution < -0.4 is 16.4 Å². The van der Waals surface area contributed by atoms with E-state index < -0.39 is 0 Å². The highest BCUT2D eigenvalue weighted by atomic mass is 16.1. The summed E-state index contributed by atoms with van der Waals surface area (Å²) in [6.45, 7) is 2.12. The number of nitrogen functional groups attached to an aromatic ring is 1. The van der Waals surface area contributed by atoms with Gasteiger partial charge in [-0.1, -0.05) is 30.3 Å². The molecule has 0 aliphatic heterocycles. The van der Waals surface area contributed by atoms with Gasteiger partial charge >= 0.3 is 0 Å². The first-order valence-corrected chi connectivity index (χ1v) is 7.52. The smallest absolute Gasteiger partial charge is 0.253 e. The van der Waals surface area contributed by atoms with Crippen LogP contribution in [0, 0.1) is 0 Å². The van der Waals surface area contributed by atoms with Gasteiger partial charge in [-0.05, 0) is 43.5 Å². The number of aryl methyl sites for hydroxylation is 1. The molecular weight excluding hydrogens is 274 g/mol. The maximum Gasteiger partial charge on any atom is 0.253 e. The fourth-order valence-electron chi connectivity index (χ4n) is 2.38. The molecule has 2 aromatic carbocycles. The molecule has 1 atom stereocenters. The van der Waals surface area contributed by atoms with Crippen molar-refractivity contribution in [2.75, 3.05) is 18.1 Å². The Balaban J connectivity index is 2.02. The molecule has 2 rings (SSSR count). The van der Waals surface area contributed by atoms with E-state index in [1.54, 1.807) is 19.2 Å². The van der Waals surface area contributed by atoms with Gasteiger partial charge in [0, 0.05) is 24.5 Å². The molecule has 116 valence electrons. The SMILES string of the molecule is CNC(=O)c1cc(N)ccc1N[C@@H](C)CCc1ccccc1. The first kappa shape index (κ1) is 15.9. The van der Waals surface area contributed by atoms with Crippen LogP contribution in [0.3, 0.4) is 0 Å². The molecule has 0 aliphatic rings. The Hall–Kier alpha value is -2.49. The lowest BCUT2D eigenvalue weighted by molar-refractivity contribution is 0.0964. The number of nitrogens with one attached hydrogen (secondary N) is 2. The largest absolute Gasteiger partial charge is 0.399 e. The van der Waals surface area contributed by atoms with Crippen LogP contribution in [0.15, 0.2) is 48.5 Å². The topological polar surface area (TPSA) is 67.2 Å². The summed E-state index contributed by atoms with van der Waals surface area (Å²) in [7, 11) is 1.62. The summed E-state index contributed by atoms with van der Waals surface area (Å²) in [5.41, 5.74) is 9.07. The molecule has 0 aliphatic carbocycles. The Morgan fingerprint density at radius 3 is 2.59 bits per heavy atom. The summed E-state index contributed by atoms with van der Waals surface area (Å²) in [5, 5.41) is 6.05. The highest BCUT2D eigenvalue weighted by Gasteiger charge is 2.12. The molecule has 0 radical (unpaired) electrons. The minimum atomic E-state index is -0.134. The average Bonchev–Trinajstić information content (AvgIpc) is 2.55. The second-order valence-electron chi connectivity index (χ2n) is 5.45. The van der Waals surface area contributed by atoms with E-state index in [4.69, 9.17) is 5.73 Å². The molecule has 0 bridgehead atoms. The van der Waals surface area contributed by atoms with Crippen molar-refractivity contribution >= 4 is 17.3 Å². The third-order valence-corrected chi connectivity index (χ3v) is 3.63. The second-order valence-corrected chi connectivity index (χ2v) is 5.45. The van der Waals surface area contributed by atoms with E-state index in [-0.39, 0.29) is 11.9 Å². The highest BCUT2D eigenvalue weighted by Crippen LogP contribution is 2.20. The standard InChI is InChI=1S/C18H23N3O/c1-13(8-9-14-6-4-3-5-7-14)21-17-11-10-15(19)12-16(17)18(22)20-2/h3-7,10-13,21H,8-9,19H2,1-2H3,(H,20,22)/t13-/m0/s1. The predicted octanol–water partition coefficient (Wildman–Crippen LogP) is 3.06. The van der Waals surface area contributed by atoms with Crippen LogP contribution in [0.5, 0.6) is 0 Å². The maximum atomic E-state index is 11.9. The average molecular weight is 297 g/mol. The number of benzene rings is 2. The van der Waals surface area contributed by atoms with Crippen LogP contribution in [0.1, 0.15) is 29.3 Å². The van der Waals surface area contributed by atoms with Crippen molar-refractivity contribution < 1.29 is 4.79 Å². The molecule has 4 N–H and O–H groups in total. The molecule has 0 aromatic heterocycles. The van der Waals surface area contributed by atoms with Crippen LogP contribution in [-0.2, 0) is 6.42 Å². The molecule has 0 saturated heterocycles. The van der Waals surface area contributed by atoms with Crippen LogP contribution in [0.25, 0.3) is 0 Å². The third-order valence-electron chi connectivity index (χ3n) is 3.63. The van der Waals surface area contributed by atoms with Gasteiger partial charge in [0.25, 0.3) is 5.91 Å². The van der Waals surface area contributed by atoms with Gasteiger partial charge in [0.2, 0.25) is 0 Å². The summed E-state index contributed by atoms with van der Waals surface area (Å²) in [4.78, 5) is 11.9. The quantitative estimate of drug-likeness (QED) is 0.718. The molecule has 4 nitrogen and oxygen atoms in total. The molecular formula is C18H23N3O. The number of carbonyl (C=O) groups excluding carboxylic acids is 1. The van der Waals surface area contributed by atoms with E-state index in [1.807, 2.05) is 12.1 Å². The van der Waals surface area contributed by atoms with Crippen molar-refractivity contribution in [1.29, 1.82) is 0 Å². The number of hydrogen-bond acceptors (Lipinski definition) is 3. The molecule has 2 aromatic rings. The van der Waals surface area contributed by atoms with Crippen molar-refractivity contribution in [2.45, 2.75) is 25.8 Å². The van der Waals surface area contributed by atoms with Gasteiger partial charge in [-0.25, -0.2) is 0 Å². The van der Waals surface area contributed by atoms with E-state index in [1.165, 1.54) is 5.56 Å². The van der Waals surface area contributed by atoms with Crippen molar-refractivity contribution in [2.24, 2.45) is 0 Å². The normalized spacial score (nSPS) is 11.7. The molecule has 0 fully saturated rings. The number of rotatable bonds is 6. The Bertz CT molecular complexity index is 625. The molecule has 0 saturated carbocycles. The maximum absolute atomic E-state index is 11.9. The lowest BCUT2D eigenvalue weighted by Crippen LogP contribution is -2.23. The zero-order chi connectivity index (χ0) is 15.9. The van der Waals surface area contributed by atoms with E-state index in [0.29, 0.717) is 11.3 Å². The molecule has 22 heavy (non-hydrogen) atoms. The first-order valence-electron chi connectivity index (χ1n) is 7.52. The minimum absolute atomic E-state index is 0.134. The molecule has 1 amide bonds. The minimum Gasteiger partial charge on any atom is -0.399 e. The third kappa shape index (κ3) is 4.25. The van der Waals surface area contributed by atoms with Gasteiger partial charge in [-0.2, -0.15) is 0 Å². The van der Waals surface area contributed by atoms with E-state index >= 15 is 0 Å². The Morgan fingerprint density at radius 1 is 1.18 bits per heavy atom. The summed E-state index contributed by atoms with van der Waals surface area (Å²) in [6, 6.07) is 16.0. The van der Waals surface area contributed by atoms with Crippen molar-refractivity contribution in [3.63, 3.8) is 0 Å². The summed E-state index contributed by atoms with van der Waals surface area (Å²) in [6.07, 6.45) is 1.99. The summed E-state index contributed by atoms with van der Waals surface area (Å²) >= 11 is 0.